The standard InChI is InChI=1S/C11H16F3NO3/c1-5-6-15(10(17)11(12,13)14)8(7(2)3)9(16)18-4/h5,7-8H,1,6H2,2-4H3/t8-/m0/s1. The number of ether oxygens (including phenoxy) is 1. The fraction of sp³-hybridized carbons (Fsp3) is 0.636. The van der Waals surface area contributed by atoms with Crippen LogP contribution in [0, 0.1) is 5.92 Å². The molecule has 0 aromatic carbocycles. The molecule has 0 radical (unpaired) electrons. The number of halogens is 3. The smallest absolute Gasteiger partial charge is 0.467 e. The number of carbonyl (C=O) groups is 2. The van der Waals surface area contributed by atoms with Crippen molar-refractivity contribution in [2.75, 3.05) is 13.7 Å². The molecule has 0 aromatic heterocycles. The van der Waals surface area contributed by atoms with Gasteiger partial charge in [0.25, 0.3) is 0 Å². The van der Waals surface area contributed by atoms with Crippen LogP contribution < -0.4 is 0 Å². The zero-order valence-corrected chi connectivity index (χ0v) is 10.5. The van der Waals surface area contributed by atoms with Gasteiger partial charge in [0.15, 0.2) is 0 Å². The van der Waals surface area contributed by atoms with Gasteiger partial charge in [-0.25, -0.2) is 4.79 Å². The van der Waals surface area contributed by atoms with Crippen molar-refractivity contribution in [3.05, 3.63) is 12.7 Å². The number of alkyl halides is 3. The number of rotatable bonds is 5. The average molecular weight is 267 g/mol. The highest BCUT2D eigenvalue weighted by Gasteiger charge is 2.46. The molecular formula is C11H16F3NO3. The maximum absolute atomic E-state index is 12.4. The Morgan fingerprint density at radius 2 is 1.89 bits per heavy atom. The average Bonchev–Trinajstić information content (AvgIpc) is 2.25. The fourth-order valence-corrected chi connectivity index (χ4v) is 1.50. The predicted molar refractivity (Wildman–Crippen MR) is 58.6 cm³/mol. The topological polar surface area (TPSA) is 46.6 Å². The molecule has 0 rings (SSSR count). The van der Waals surface area contributed by atoms with Gasteiger partial charge in [-0.1, -0.05) is 19.9 Å². The number of amides is 1. The fourth-order valence-electron chi connectivity index (χ4n) is 1.50. The van der Waals surface area contributed by atoms with Crippen molar-refractivity contribution in [2.45, 2.75) is 26.1 Å². The predicted octanol–water partition coefficient (Wildman–Crippen LogP) is 1.76. The van der Waals surface area contributed by atoms with Crippen LogP contribution in [0.4, 0.5) is 13.2 Å². The van der Waals surface area contributed by atoms with E-state index in [4.69, 9.17) is 0 Å². The zero-order chi connectivity index (χ0) is 14.5. The van der Waals surface area contributed by atoms with Gasteiger partial charge in [0.05, 0.1) is 7.11 Å². The molecule has 18 heavy (non-hydrogen) atoms. The lowest BCUT2D eigenvalue weighted by atomic mass is 10.0. The van der Waals surface area contributed by atoms with Crippen LogP contribution in [0.25, 0.3) is 0 Å². The maximum Gasteiger partial charge on any atom is 0.471 e. The van der Waals surface area contributed by atoms with Crippen LogP contribution in [0.5, 0.6) is 0 Å². The molecular weight excluding hydrogens is 251 g/mol. The third-order valence-corrected chi connectivity index (χ3v) is 2.24. The zero-order valence-electron chi connectivity index (χ0n) is 10.5. The number of esters is 1. The van der Waals surface area contributed by atoms with Gasteiger partial charge < -0.3 is 9.64 Å². The molecule has 0 bridgehead atoms. The summed E-state index contributed by atoms with van der Waals surface area (Å²) in [5.74, 6) is -3.47. The molecule has 0 unspecified atom stereocenters. The van der Waals surface area contributed by atoms with E-state index in [2.05, 4.69) is 11.3 Å². The first-order valence-electron chi connectivity index (χ1n) is 5.23. The van der Waals surface area contributed by atoms with Gasteiger partial charge >= 0.3 is 18.1 Å². The first-order chi connectivity index (χ1) is 8.16. The van der Waals surface area contributed by atoms with Gasteiger partial charge in [-0.15, -0.1) is 6.58 Å². The van der Waals surface area contributed by atoms with Crippen LogP contribution >= 0.6 is 0 Å². The van der Waals surface area contributed by atoms with Crippen LogP contribution in [-0.2, 0) is 14.3 Å². The van der Waals surface area contributed by atoms with E-state index in [1.165, 1.54) is 13.8 Å². The highest BCUT2D eigenvalue weighted by Crippen LogP contribution is 2.23. The van der Waals surface area contributed by atoms with E-state index in [0.717, 1.165) is 13.2 Å². The molecule has 0 N–H and O–H groups in total. The third-order valence-electron chi connectivity index (χ3n) is 2.24. The van der Waals surface area contributed by atoms with Gasteiger partial charge in [0.1, 0.15) is 6.04 Å². The van der Waals surface area contributed by atoms with E-state index in [1.807, 2.05) is 0 Å². The monoisotopic (exact) mass is 267 g/mol. The summed E-state index contributed by atoms with van der Waals surface area (Å²) in [5.41, 5.74) is 0. The van der Waals surface area contributed by atoms with Crippen molar-refractivity contribution in [3.8, 4) is 0 Å². The Kier molecular flexibility index (Phi) is 5.87. The molecule has 0 saturated heterocycles. The van der Waals surface area contributed by atoms with Gasteiger partial charge in [0.2, 0.25) is 0 Å². The summed E-state index contributed by atoms with van der Waals surface area (Å²) in [6.07, 6.45) is -3.91. The first kappa shape index (κ1) is 16.5. The molecule has 104 valence electrons. The Morgan fingerprint density at radius 1 is 1.39 bits per heavy atom. The molecule has 0 spiro atoms. The quantitative estimate of drug-likeness (QED) is 0.563. The van der Waals surface area contributed by atoms with Gasteiger partial charge in [0, 0.05) is 6.54 Å². The second kappa shape index (κ2) is 6.42. The SMILES string of the molecule is C=CCN(C(=O)C(F)(F)F)[C@H](C(=O)OC)C(C)C. The molecule has 0 aliphatic carbocycles. The van der Waals surface area contributed by atoms with Crippen LogP contribution in [0.2, 0.25) is 0 Å². The van der Waals surface area contributed by atoms with E-state index < -0.39 is 30.0 Å². The molecule has 0 fully saturated rings. The number of carbonyl (C=O) groups excluding carboxylic acids is 2. The van der Waals surface area contributed by atoms with E-state index in [-0.39, 0.29) is 6.54 Å². The highest BCUT2D eigenvalue weighted by atomic mass is 19.4. The molecule has 0 saturated carbocycles. The normalized spacial score (nSPS) is 13.1. The number of nitrogens with zero attached hydrogens (tertiary/aromatic N) is 1. The summed E-state index contributed by atoms with van der Waals surface area (Å²) in [6.45, 7) is 5.96. The van der Waals surface area contributed by atoms with Crippen molar-refractivity contribution in [3.63, 3.8) is 0 Å². The summed E-state index contributed by atoms with van der Waals surface area (Å²) >= 11 is 0. The number of hydrogen-bond donors (Lipinski definition) is 0. The molecule has 4 nitrogen and oxygen atoms in total. The Bertz CT molecular complexity index is 326. The Balaban J connectivity index is 5.35. The van der Waals surface area contributed by atoms with E-state index in [1.54, 1.807) is 0 Å². The van der Waals surface area contributed by atoms with Gasteiger partial charge in [-0.2, -0.15) is 13.2 Å². The van der Waals surface area contributed by atoms with E-state index in [0.29, 0.717) is 4.90 Å². The van der Waals surface area contributed by atoms with Crippen molar-refractivity contribution >= 4 is 11.9 Å². The summed E-state index contributed by atoms with van der Waals surface area (Å²) in [4.78, 5) is 23.2. The van der Waals surface area contributed by atoms with Gasteiger partial charge in [-0.05, 0) is 5.92 Å². The summed E-state index contributed by atoms with van der Waals surface area (Å²) in [5, 5.41) is 0. The molecule has 0 heterocycles. The lowest BCUT2D eigenvalue weighted by Gasteiger charge is -2.31. The molecule has 7 heteroatoms. The van der Waals surface area contributed by atoms with Crippen molar-refractivity contribution in [2.24, 2.45) is 5.92 Å². The number of methoxy groups -OCH3 is 1. The van der Waals surface area contributed by atoms with Crippen molar-refractivity contribution in [1.82, 2.24) is 4.90 Å². The summed E-state index contributed by atoms with van der Waals surface area (Å²) in [6, 6.07) is -1.29. The summed E-state index contributed by atoms with van der Waals surface area (Å²) in [7, 11) is 1.06. The van der Waals surface area contributed by atoms with Crippen molar-refractivity contribution < 1.29 is 27.5 Å². The molecule has 1 amide bonds. The second-order valence-electron chi connectivity index (χ2n) is 3.96. The van der Waals surface area contributed by atoms with E-state index in [9.17, 15) is 22.8 Å². The Hall–Kier alpha value is -1.53. The lowest BCUT2D eigenvalue weighted by molar-refractivity contribution is -0.190. The molecule has 0 aliphatic heterocycles. The largest absolute Gasteiger partial charge is 0.471 e. The Morgan fingerprint density at radius 3 is 2.17 bits per heavy atom. The second-order valence-corrected chi connectivity index (χ2v) is 3.96. The van der Waals surface area contributed by atoms with Gasteiger partial charge in [-0.3, -0.25) is 4.79 Å². The first-order valence-corrected chi connectivity index (χ1v) is 5.23. The Labute approximate surface area is 103 Å². The highest BCUT2D eigenvalue weighted by molar-refractivity contribution is 5.88. The van der Waals surface area contributed by atoms with Crippen LogP contribution in [-0.4, -0.2) is 42.6 Å². The lowest BCUT2D eigenvalue weighted by Crippen LogP contribution is -2.52. The van der Waals surface area contributed by atoms with E-state index >= 15 is 0 Å². The molecule has 0 aliphatic rings. The van der Waals surface area contributed by atoms with Crippen LogP contribution in [0.15, 0.2) is 12.7 Å². The summed E-state index contributed by atoms with van der Waals surface area (Å²) < 4.78 is 41.7. The number of hydrogen-bond acceptors (Lipinski definition) is 3. The van der Waals surface area contributed by atoms with Crippen LogP contribution in [0.1, 0.15) is 13.8 Å². The van der Waals surface area contributed by atoms with Crippen molar-refractivity contribution in [1.29, 1.82) is 0 Å². The third kappa shape index (κ3) is 4.05. The minimum absolute atomic E-state index is 0.379. The minimum Gasteiger partial charge on any atom is -0.467 e. The van der Waals surface area contributed by atoms with Crippen LogP contribution in [0.3, 0.4) is 0 Å². The molecule has 0 aromatic rings. The molecule has 1 atom stereocenters. The minimum atomic E-state index is -5.04. The maximum atomic E-state index is 12.4.